The quantitative estimate of drug-likeness (QED) is 0.810. The largest absolute Gasteiger partial charge is 0.252 e. The monoisotopic (exact) mass is 365 g/mol. The Morgan fingerprint density at radius 1 is 1.32 bits per heavy atom. The highest BCUT2D eigenvalue weighted by Gasteiger charge is 2.31. The highest BCUT2D eigenvalue weighted by Crippen LogP contribution is 2.35. The van der Waals surface area contributed by atoms with Crippen LogP contribution in [0.15, 0.2) is 14.1 Å². The number of halogens is 1. The van der Waals surface area contributed by atoms with Crippen LogP contribution in [-0.4, -0.2) is 25.8 Å². The average molecular weight is 366 g/mol. The number of thiophene rings is 1. The zero-order valence-corrected chi connectivity index (χ0v) is 14.7. The van der Waals surface area contributed by atoms with Crippen LogP contribution in [0.5, 0.6) is 0 Å². The lowest BCUT2D eigenvalue weighted by molar-refractivity contribution is 0.246. The fourth-order valence-corrected chi connectivity index (χ4v) is 6.33. The van der Waals surface area contributed by atoms with E-state index in [1.165, 1.54) is 11.3 Å². The smallest absolute Gasteiger partial charge is 0.206 e. The highest BCUT2D eigenvalue weighted by molar-refractivity contribution is 9.11. The van der Waals surface area contributed by atoms with Crippen LogP contribution < -0.4 is 0 Å². The molecule has 1 aromatic rings. The van der Waals surface area contributed by atoms with Crippen LogP contribution >= 0.6 is 27.3 Å². The van der Waals surface area contributed by atoms with Crippen molar-refractivity contribution in [2.45, 2.75) is 49.8 Å². The first-order chi connectivity index (χ1) is 8.82. The van der Waals surface area contributed by atoms with Crippen LogP contribution in [0.1, 0.15) is 38.2 Å². The van der Waals surface area contributed by atoms with Crippen molar-refractivity contribution in [1.29, 1.82) is 0 Å². The number of nitrogens with zero attached hydrogens (tertiary/aromatic N) is 1. The van der Waals surface area contributed by atoms with E-state index in [1.54, 1.807) is 17.4 Å². The van der Waals surface area contributed by atoms with Gasteiger partial charge in [-0.05, 0) is 66.1 Å². The summed E-state index contributed by atoms with van der Waals surface area (Å²) in [5, 5.41) is 0. The molecule has 1 aliphatic rings. The average Bonchev–Trinajstić information content (AvgIpc) is 2.70. The van der Waals surface area contributed by atoms with E-state index in [1.807, 2.05) is 6.92 Å². The van der Waals surface area contributed by atoms with E-state index >= 15 is 0 Å². The van der Waals surface area contributed by atoms with Gasteiger partial charge >= 0.3 is 0 Å². The minimum atomic E-state index is -3.34. The van der Waals surface area contributed by atoms with Gasteiger partial charge in [-0.3, -0.25) is 0 Å². The minimum absolute atomic E-state index is 0.155. The Labute approximate surface area is 128 Å². The van der Waals surface area contributed by atoms with Gasteiger partial charge in [0.25, 0.3) is 10.0 Å². The molecule has 0 unspecified atom stereocenters. The third kappa shape index (κ3) is 3.23. The lowest BCUT2D eigenvalue weighted by Crippen LogP contribution is -2.38. The summed E-state index contributed by atoms with van der Waals surface area (Å²) in [4.78, 5) is 0. The molecule has 19 heavy (non-hydrogen) atoms. The molecule has 0 radical (unpaired) electrons. The van der Waals surface area contributed by atoms with Crippen LogP contribution in [0, 0.1) is 12.8 Å². The number of hydrogen-bond acceptors (Lipinski definition) is 3. The van der Waals surface area contributed by atoms with Crippen molar-refractivity contribution < 1.29 is 8.42 Å². The van der Waals surface area contributed by atoms with Crippen molar-refractivity contribution in [3.05, 3.63) is 15.4 Å². The van der Waals surface area contributed by atoms with Crippen LogP contribution in [-0.2, 0) is 10.0 Å². The summed E-state index contributed by atoms with van der Waals surface area (Å²) in [6.45, 7) is 4.16. The number of sulfonamides is 1. The fourth-order valence-electron chi connectivity index (χ4n) is 2.50. The number of rotatable bonds is 3. The lowest BCUT2D eigenvalue weighted by Gasteiger charge is -2.32. The molecule has 1 fully saturated rings. The Kier molecular flexibility index (Phi) is 4.75. The highest BCUT2D eigenvalue weighted by atomic mass is 79.9. The molecule has 1 aromatic heterocycles. The molecule has 0 amide bonds. The standard InChI is InChI=1S/C13H20BrNO2S2/c1-9-4-6-11(7-5-9)15(3)19(16,17)12-8-10(2)13(14)18-12/h8-9,11H,4-7H2,1-3H3. The molecule has 108 valence electrons. The molecule has 0 bridgehead atoms. The van der Waals surface area contributed by atoms with Gasteiger partial charge in [-0.15, -0.1) is 11.3 Å². The maximum Gasteiger partial charge on any atom is 0.252 e. The molecule has 0 N–H and O–H groups in total. The molecule has 0 aromatic carbocycles. The summed E-state index contributed by atoms with van der Waals surface area (Å²) in [5.74, 6) is 0.727. The maximum absolute atomic E-state index is 12.6. The molecule has 6 heteroatoms. The molecule has 0 atom stereocenters. The summed E-state index contributed by atoms with van der Waals surface area (Å²) in [5.41, 5.74) is 0.981. The summed E-state index contributed by atoms with van der Waals surface area (Å²) in [6.07, 6.45) is 4.19. The van der Waals surface area contributed by atoms with Crippen molar-refractivity contribution in [3.63, 3.8) is 0 Å². The second-order valence-corrected chi connectivity index (χ2v) is 10.1. The van der Waals surface area contributed by atoms with E-state index < -0.39 is 10.0 Å². The predicted octanol–water partition coefficient (Wildman–Crippen LogP) is 4.02. The molecular formula is C13H20BrNO2S2. The summed E-state index contributed by atoms with van der Waals surface area (Å²) >= 11 is 4.70. The third-order valence-corrected chi connectivity index (χ3v) is 8.46. The predicted molar refractivity (Wildman–Crippen MR) is 83.1 cm³/mol. The van der Waals surface area contributed by atoms with Crippen molar-refractivity contribution >= 4 is 37.3 Å². The Morgan fingerprint density at radius 2 is 1.89 bits per heavy atom. The molecule has 0 saturated heterocycles. The zero-order valence-electron chi connectivity index (χ0n) is 11.5. The first-order valence-corrected chi connectivity index (χ1v) is 9.61. The fraction of sp³-hybridized carbons (Fsp3) is 0.692. The van der Waals surface area contributed by atoms with Crippen LogP contribution in [0.4, 0.5) is 0 Å². The zero-order chi connectivity index (χ0) is 14.2. The van der Waals surface area contributed by atoms with Crippen molar-refractivity contribution in [1.82, 2.24) is 4.31 Å². The SMILES string of the molecule is Cc1cc(S(=O)(=O)N(C)C2CCC(C)CC2)sc1Br. The molecular weight excluding hydrogens is 346 g/mol. The summed E-state index contributed by atoms with van der Waals surface area (Å²) in [7, 11) is -1.61. The second kappa shape index (κ2) is 5.84. The Morgan fingerprint density at radius 3 is 2.37 bits per heavy atom. The van der Waals surface area contributed by atoms with Crippen LogP contribution in [0.2, 0.25) is 0 Å². The molecule has 1 saturated carbocycles. The van der Waals surface area contributed by atoms with E-state index in [4.69, 9.17) is 0 Å². The molecule has 0 spiro atoms. The molecule has 1 aliphatic carbocycles. The van der Waals surface area contributed by atoms with E-state index in [0.717, 1.165) is 41.0 Å². The van der Waals surface area contributed by atoms with E-state index in [2.05, 4.69) is 22.9 Å². The van der Waals surface area contributed by atoms with Crippen LogP contribution in [0.3, 0.4) is 0 Å². The number of aryl methyl sites for hydroxylation is 1. The van der Waals surface area contributed by atoms with E-state index in [9.17, 15) is 8.42 Å². The van der Waals surface area contributed by atoms with E-state index in [-0.39, 0.29) is 6.04 Å². The van der Waals surface area contributed by atoms with Gasteiger partial charge in [0, 0.05) is 13.1 Å². The van der Waals surface area contributed by atoms with Gasteiger partial charge in [-0.1, -0.05) is 6.92 Å². The van der Waals surface area contributed by atoms with Gasteiger partial charge in [-0.2, -0.15) is 4.31 Å². The topological polar surface area (TPSA) is 37.4 Å². The lowest BCUT2D eigenvalue weighted by atomic mass is 9.87. The molecule has 3 nitrogen and oxygen atoms in total. The first-order valence-electron chi connectivity index (χ1n) is 6.56. The van der Waals surface area contributed by atoms with Crippen molar-refractivity contribution in [2.24, 2.45) is 5.92 Å². The van der Waals surface area contributed by atoms with Gasteiger partial charge < -0.3 is 0 Å². The Balaban J connectivity index is 2.19. The summed E-state index contributed by atoms with van der Waals surface area (Å²) in [6, 6.07) is 1.91. The van der Waals surface area contributed by atoms with Gasteiger partial charge in [0.1, 0.15) is 4.21 Å². The van der Waals surface area contributed by atoms with Crippen molar-refractivity contribution in [2.75, 3.05) is 7.05 Å². The Bertz CT molecular complexity index is 525. The van der Waals surface area contributed by atoms with Gasteiger partial charge in [0.2, 0.25) is 0 Å². The van der Waals surface area contributed by atoms with Gasteiger partial charge in [-0.25, -0.2) is 8.42 Å². The number of hydrogen-bond donors (Lipinski definition) is 0. The second-order valence-electron chi connectivity index (χ2n) is 5.46. The van der Waals surface area contributed by atoms with Crippen molar-refractivity contribution in [3.8, 4) is 0 Å². The molecule has 1 heterocycles. The molecule has 2 rings (SSSR count). The minimum Gasteiger partial charge on any atom is -0.206 e. The summed E-state index contributed by atoms with van der Waals surface area (Å²) < 4.78 is 28.1. The van der Waals surface area contributed by atoms with E-state index in [0.29, 0.717) is 4.21 Å². The van der Waals surface area contributed by atoms with Gasteiger partial charge in [0.05, 0.1) is 3.79 Å². The first kappa shape index (κ1) is 15.5. The third-order valence-electron chi connectivity index (χ3n) is 3.97. The molecule has 0 aliphatic heterocycles. The van der Waals surface area contributed by atoms with Gasteiger partial charge in [0.15, 0.2) is 0 Å². The maximum atomic E-state index is 12.6. The normalized spacial score (nSPS) is 24.9. The van der Waals surface area contributed by atoms with Crippen LogP contribution in [0.25, 0.3) is 0 Å². The Hall–Kier alpha value is 0.0900.